The first kappa shape index (κ1) is 15.3. The Morgan fingerprint density at radius 3 is 2.47 bits per heavy atom. The molecule has 0 bridgehead atoms. The average Bonchev–Trinajstić information content (AvgIpc) is 2.48. The molecule has 1 N–H and O–H groups in total. The molecule has 2 rings (SSSR count). The highest BCUT2D eigenvalue weighted by Crippen LogP contribution is 2.26. The smallest absolute Gasteiger partial charge is 0.0575 e. The molecule has 0 radical (unpaired) electrons. The van der Waals surface area contributed by atoms with Crippen molar-refractivity contribution < 1.29 is 4.74 Å². The van der Waals surface area contributed by atoms with Gasteiger partial charge in [0.25, 0.3) is 0 Å². The summed E-state index contributed by atoms with van der Waals surface area (Å²) in [6.07, 6.45) is 15.6. The molecule has 0 aromatic heterocycles. The van der Waals surface area contributed by atoms with Crippen LogP contribution in [0.15, 0.2) is 0 Å². The third kappa shape index (κ3) is 5.43. The van der Waals surface area contributed by atoms with Gasteiger partial charge in [0, 0.05) is 12.6 Å². The second-order valence-electron chi connectivity index (χ2n) is 6.50. The Balaban J connectivity index is 1.51. The van der Waals surface area contributed by atoms with E-state index in [0.717, 1.165) is 25.1 Å². The van der Waals surface area contributed by atoms with E-state index in [1.165, 1.54) is 70.6 Å². The van der Waals surface area contributed by atoms with E-state index in [9.17, 15) is 0 Å². The molecule has 2 atom stereocenters. The average molecular weight is 267 g/mol. The van der Waals surface area contributed by atoms with Crippen LogP contribution in [0, 0.1) is 5.92 Å². The van der Waals surface area contributed by atoms with Crippen LogP contribution >= 0.6 is 0 Å². The zero-order chi connectivity index (χ0) is 13.3. The van der Waals surface area contributed by atoms with Crippen molar-refractivity contribution in [3.05, 3.63) is 0 Å². The number of rotatable bonds is 7. The fraction of sp³-hybridized carbons (Fsp3) is 1.00. The largest absolute Gasteiger partial charge is 0.378 e. The summed E-state index contributed by atoms with van der Waals surface area (Å²) in [5.41, 5.74) is 0. The van der Waals surface area contributed by atoms with Crippen molar-refractivity contribution in [1.29, 1.82) is 0 Å². The minimum Gasteiger partial charge on any atom is -0.378 e. The van der Waals surface area contributed by atoms with Gasteiger partial charge in [-0.05, 0) is 44.6 Å². The second kappa shape index (κ2) is 8.97. The first-order valence-electron chi connectivity index (χ1n) is 8.75. The summed E-state index contributed by atoms with van der Waals surface area (Å²) in [6.45, 7) is 4.45. The van der Waals surface area contributed by atoms with Crippen molar-refractivity contribution >= 4 is 0 Å². The first-order valence-corrected chi connectivity index (χ1v) is 8.75. The predicted octanol–water partition coefficient (Wildman–Crippen LogP) is 4.28. The van der Waals surface area contributed by atoms with E-state index < -0.39 is 0 Å². The molecule has 2 aliphatic rings. The van der Waals surface area contributed by atoms with Crippen molar-refractivity contribution in [2.75, 3.05) is 13.2 Å². The third-order valence-corrected chi connectivity index (χ3v) is 5.07. The Morgan fingerprint density at radius 2 is 1.68 bits per heavy atom. The molecule has 2 unspecified atom stereocenters. The van der Waals surface area contributed by atoms with Gasteiger partial charge in [-0.15, -0.1) is 0 Å². The molecule has 0 saturated heterocycles. The number of ether oxygens (including phenoxy) is 1. The van der Waals surface area contributed by atoms with Gasteiger partial charge in [0.2, 0.25) is 0 Å². The lowest BCUT2D eigenvalue weighted by molar-refractivity contribution is 0.0267. The maximum Gasteiger partial charge on any atom is 0.0575 e. The van der Waals surface area contributed by atoms with Gasteiger partial charge in [0.15, 0.2) is 0 Å². The fourth-order valence-electron chi connectivity index (χ4n) is 3.81. The number of hydrogen-bond donors (Lipinski definition) is 1. The van der Waals surface area contributed by atoms with E-state index in [2.05, 4.69) is 12.2 Å². The molecule has 0 amide bonds. The van der Waals surface area contributed by atoms with Gasteiger partial charge in [-0.1, -0.05) is 45.4 Å². The molecule has 2 fully saturated rings. The zero-order valence-corrected chi connectivity index (χ0v) is 12.8. The van der Waals surface area contributed by atoms with E-state index in [-0.39, 0.29) is 0 Å². The van der Waals surface area contributed by atoms with Crippen LogP contribution in [0.5, 0.6) is 0 Å². The Morgan fingerprint density at radius 1 is 0.947 bits per heavy atom. The summed E-state index contributed by atoms with van der Waals surface area (Å²) in [7, 11) is 0. The Labute approximate surface area is 119 Å². The fourth-order valence-corrected chi connectivity index (χ4v) is 3.81. The van der Waals surface area contributed by atoms with Crippen LogP contribution in [-0.2, 0) is 4.74 Å². The van der Waals surface area contributed by atoms with Gasteiger partial charge < -0.3 is 10.1 Å². The lowest BCUT2D eigenvalue weighted by atomic mass is 9.83. The Hall–Kier alpha value is -0.0800. The van der Waals surface area contributed by atoms with E-state index in [0.29, 0.717) is 6.10 Å². The van der Waals surface area contributed by atoms with Gasteiger partial charge in [-0.25, -0.2) is 0 Å². The summed E-state index contributed by atoms with van der Waals surface area (Å²) in [5.74, 6) is 0.924. The highest BCUT2D eigenvalue weighted by molar-refractivity contribution is 4.79. The SMILES string of the molecule is CCC1CCCCC1NCCCOC1CCCCC1. The molecule has 0 aromatic rings. The lowest BCUT2D eigenvalue weighted by Crippen LogP contribution is -2.39. The third-order valence-electron chi connectivity index (χ3n) is 5.07. The molecule has 2 nitrogen and oxygen atoms in total. The lowest BCUT2D eigenvalue weighted by Gasteiger charge is -2.31. The minimum atomic E-state index is 0.576. The molecule has 0 aromatic carbocycles. The molecule has 2 aliphatic carbocycles. The Kier molecular flexibility index (Phi) is 7.23. The van der Waals surface area contributed by atoms with Crippen molar-refractivity contribution in [1.82, 2.24) is 5.32 Å². The van der Waals surface area contributed by atoms with Crippen molar-refractivity contribution in [2.24, 2.45) is 5.92 Å². The minimum absolute atomic E-state index is 0.576. The van der Waals surface area contributed by atoms with Crippen LogP contribution in [0.1, 0.15) is 77.6 Å². The molecule has 19 heavy (non-hydrogen) atoms. The number of hydrogen-bond acceptors (Lipinski definition) is 2. The highest BCUT2D eigenvalue weighted by atomic mass is 16.5. The second-order valence-corrected chi connectivity index (χ2v) is 6.50. The van der Waals surface area contributed by atoms with Crippen LogP contribution in [0.2, 0.25) is 0 Å². The van der Waals surface area contributed by atoms with E-state index in [4.69, 9.17) is 4.74 Å². The van der Waals surface area contributed by atoms with Crippen LogP contribution < -0.4 is 5.32 Å². The maximum atomic E-state index is 5.99. The van der Waals surface area contributed by atoms with Crippen LogP contribution in [-0.4, -0.2) is 25.3 Å². The monoisotopic (exact) mass is 267 g/mol. The van der Waals surface area contributed by atoms with Gasteiger partial charge in [0.1, 0.15) is 0 Å². The molecule has 0 spiro atoms. The standard InChI is InChI=1S/C17H33NO/c1-2-15-9-6-7-12-17(15)18-13-8-14-19-16-10-4-3-5-11-16/h15-18H,2-14H2,1H3. The first-order chi connectivity index (χ1) is 9.40. The predicted molar refractivity (Wildman–Crippen MR) is 81.5 cm³/mol. The normalized spacial score (nSPS) is 29.5. The zero-order valence-electron chi connectivity index (χ0n) is 12.8. The molecular weight excluding hydrogens is 234 g/mol. The molecule has 0 heterocycles. The summed E-state index contributed by atoms with van der Waals surface area (Å²) in [6, 6.07) is 0.786. The summed E-state index contributed by atoms with van der Waals surface area (Å²) in [5, 5.41) is 3.78. The summed E-state index contributed by atoms with van der Waals surface area (Å²) in [4.78, 5) is 0. The highest BCUT2D eigenvalue weighted by Gasteiger charge is 2.22. The quantitative estimate of drug-likeness (QED) is 0.695. The molecule has 2 heteroatoms. The van der Waals surface area contributed by atoms with Crippen LogP contribution in [0.3, 0.4) is 0 Å². The molecule has 2 saturated carbocycles. The maximum absolute atomic E-state index is 5.99. The summed E-state index contributed by atoms with van der Waals surface area (Å²) < 4.78 is 5.99. The van der Waals surface area contributed by atoms with Gasteiger partial charge in [-0.3, -0.25) is 0 Å². The van der Waals surface area contributed by atoms with E-state index in [1.54, 1.807) is 0 Å². The number of nitrogens with one attached hydrogen (secondary N) is 1. The van der Waals surface area contributed by atoms with Gasteiger partial charge in [-0.2, -0.15) is 0 Å². The van der Waals surface area contributed by atoms with Crippen LogP contribution in [0.25, 0.3) is 0 Å². The van der Waals surface area contributed by atoms with Crippen molar-refractivity contribution in [3.63, 3.8) is 0 Å². The molecule has 0 aliphatic heterocycles. The van der Waals surface area contributed by atoms with E-state index in [1.807, 2.05) is 0 Å². The van der Waals surface area contributed by atoms with E-state index >= 15 is 0 Å². The van der Waals surface area contributed by atoms with Gasteiger partial charge >= 0.3 is 0 Å². The molecular formula is C17H33NO. The topological polar surface area (TPSA) is 21.3 Å². The molecule has 112 valence electrons. The van der Waals surface area contributed by atoms with Gasteiger partial charge in [0.05, 0.1) is 6.10 Å². The van der Waals surface area contributed by atoms with Crippen LogP contribution in [0.4, 0.5) is 0 Å². The Bertz CT molecular complexity index is 225. The van der Waals surface area contributed by atoms with Crippen molar-refractivity contribution in [3.8, 4) is 0 Å². The summed E-state index contributed by atoms with van der Waals surface area (Å²) >= 11 is 0. The van der Waals surface area contributed by atoms with Crippen molar-refractivity contribution in [2.45, 2.75) is 89.7 Å².